The molecule has 0 fully saturated rings. The Labute approximate surface area is 104 Å². The third-order valence-electron chi connectivity index (χ3n) is 2.32. The van der Waals surface area contributed by atoms with Gasteiger partial charge in [-0.25, -0.2) is 4.39 Å². The van der Waals surface area contributed by atoms with Crippen molar-refractivity contribution in [1.82, 2.24) is 0 Å². The normalized spacial score (nSPS) is 10.3. The average molecular weight is 252 g/mol. The lowest BCUT2D eigenvalue weighted by Crippen LogP contribution is -1.95. The van der Waals surface area contributed by atoms with E-state index in [-0.39, 0.29) is 11.4 Å². The van der Waals surface area contributed by atoms with Crippen molar-refractivity contribution < 1.29 is 9.13 Å². The molecule has 0 heterocycles. The van der Waals surface area contributed by atoms with Gasteiger partial charge >= 0.3 is 0 Å². The lowest BCUT2D eigenvalue weighted by molar-refractivity contribution is 0.480. The Morgan fingerprint density at radius 1 is 1.18 bits per heavy atom. The molecule has 0 unspecified atom stereocenters. The first-order valence-corrected chi connectivity index (χ1v) is 5.43. The fraction of sp³-hybridized carbons (Fsp3) is 0.0769. The van der Waals surface area contributed by atoms with Crippen LogP contribution in [0.1, 0.15) is 5.56 Å². The summed E-state index contributed by atoms with van der Waals surface area (Å²) < 4.78 is 18.7. The quantitative estimate of drug-likeness (QED) is 0.814. The van der Waals surface area contributed by atoms with Crippen LogP contribution in [0.3, 0.4) is 0 Å². The summed E-state index contributed by atoms with van der Waals surface area (Å²) >= 11 is 5.98. The van der Waals surface area contributed by atoms with E-state index in [1.807, 2.05) is 13.0 Å². The molecule has 0 amide bonds. The van der Waals surface area contributed by atoms with Crippen LogP contribution in [0.5, 0.6) is 11.5 Å². The van der Waals surface area contributed by atoms with E-state index in [0.29, 0.717) is 10.8 Å². The monoisotopic (exact) mass is 251 g/mol. The van der Waals surface area contributed by atoms with Crippen LogP contribution in [-0.2, 0) is 0 Å². The van der Waals surface area contributed by atoms with E-state index < -0.39 is 5.82 Å². The molecule has 0 saturated carbocycles. The van der Waals surface area contributed by atoms with E-state index in [0.717, 1.165) is 5.56 Å². The number of halogens is 2. The molecule has 88 valence electrons. The molecular weight excluding hydrogens is 241 g/mol. The molecule has 17 heavy (non-hydrogen) atoms. The number of aryl methyl sites for hydroxylation is 1. The third-order valence-corrected chi connectivity index (χ3v) is 2.63. The highest BCUT2D eigenvalue weighted by Crippen LogP contribution is 2.33. The molecule has 2 aromatic rings. The maximum atomic E-state index is 13.2. The van der Waals surface area contributed by atoms with Crippen molar-refractivity contribution in [1.29, 1.82) is 0 Å². The standard InChI is InChI=1S/C13H11ClFNO/c1-8-5-6-9(14)12(7-8)17-11-4-2-3-10(15)13(11)16/h2-7H,16H2,1H3. The Balaban J connectivity index is 2.38. The van der Waals surface area contributed by atoms with E-state index in [1.165, 1.54) is 12.1 Å². The van der Waals surface area contributed by atoms with Crippen LogP contribution in [0, 0.1) is 12.7 Å². The molecule has 2 N–H and O–H groups in total. The molecule has 0 spiro atoms. The van der Waals surface area contributed by atoms with Gasteiger partial charge in [0.15, 0.2) is 5.75 Å². The smallest absolute Gasteiger partial charge is 0.153 e. The summed E-state index contributed by atoms with van der Waals surface area (Å²) in [5.41, 5.74) is 6.55. The molecule has 0 aromatic heterocycles. The number of nitrogen functional groups attached to an aromatic ring is 1. The number of para-hydroxylation sites is 1. The Morgan fingerprint density at radius 2 is 1.94 bits per heavy atom. The number of benzene rings is 2. The lowest BCUT2D eigenvalue weighted by Gasteiger charge is -2.10. The van der Waals surface area contributed by atoms with E-state index >= 15 is 0 Å². The van der Waals surface area contributed by atoms with Gasteiger partial charge < -0.3 is 10.5 Å². The largest absolute Gasteiger partial charge is 0.454 e. The Bertz CT molecular complexity index is 557. The number of anilines is 1. The van der Waals surface area contributed by atoms with Gasteiger partial charge in [0.1, 0.15) is 17.3 Å². The summed E-state index contributed by atoms with van der Waals surface area (Å²) in [6.07, 6.45) is 0. The molecular formula is C13H11ClFNO. The summed E-state index contributed by atoms with van der Waals surface area (Å²) in [6, 6.07) is 9.76. The van der Waals surface area contributed by atoms with Crippen LogP contribution in [0.25, 0.3) is 0 Å². The van der Waals surface area contributed by atoms with Crippen LogP contribution in [0.15, 0.2) is 36.4 Å². The molecule has 2 nitrogen and oxygen atoms in total. The molecule has 0 radical (unpaired) electrons. The minimum Gasteiger partial charge on any atom is -0.454 e. The maximum Gasteiger partial charge on any atom is 0.153 e. The summed E-state index contributed by atoms with van der Waals surface area (Å²) in [5.74, 6) is 0.216. The fourth-order valence-electron chi connectivity index (χ4n) is 1.41. The first-order valence-electron chi connectivity index (χ1n) is 5.06. The minimum absolute atomic E-state index is 0.0231. The number of hydrogen-bond acceptors (Lipinski definition) is 2. The lowest BCUT2D eigenvalue weighted by atomic mass is 10.2. The van der Waals surface area contributed by atoms with Crippen LogP contribution >= 0.6 is 11.6 Å². The average Bonchev–Trinajstić information content (AvgIpc) is 2.30. The van der Waals surface area contributed by atoms with Gasteiger partial charge in [0.25, 0.3) is 0 Å². The van der Waals surface area contributed by atoms with Gasteiger partial charge in [-0.15, -0.1) is 0 Å². The fourth-order valence-corrected chi connectivity index (χ4v) is 1.57. The number of ether oxygens (including phenoxy) is 1. The van der Waals surface area contributed by atoms with Crippen LogP contribution in [-0.4, -0.2) is 0 Å². The summed E-state index contributed by atoms with van der Waals surface area (Å²) in [7, 11) is 0. The summed E-state index contributed by atoms with van der Waals surface area (Å²) in [6.45, 7) is 1.91. The Kier molecular flexibility index (Phi) is 3.20. The highest BCUT2D eigenvalue weighted by Gasteiger charge is 2.09. The molecule has 2 rings (SSSR count). The van der Waals surface area contributed by atoms with Crippen LogP contribution < -0.4 is 10.5 Å². The molecule has 0 saturated heterocycles. The van der Waals surface area contributed by atoms with E-state index in [1.54, 1.807) is 18.2 Å². The molecule has 4 heteroatoms. The predicted molar refractivity (Wildman–Crippen MR) is 67.1 cm³/mol. The Hall–Kier alpha value is -1.74. The van der Waals surface area contributed by atoms with E-state index in [4.69, 9.17) is 22.1 Å². The van der Waals surface area contributed by atoms with Gasteiger partial charge in [0, 0.05) is 0 Å². The van der Waals surface area contributed by atoms with Gasteiger partial charge in [-0.05, 0) is 36.8 Å². The van der Waals surface area contributed by atoms with Crippen LogP contribution in [0.4, 0.5) is 10.1 Å². The zero-order valence-electron chi connectivity index (χ0n) is 9.21. The topological polar surface area (TPSA) is 35.2 Å². The number of hydrogen-bond donors (Lipinski definition) is 1. The van der Waals surface area contributed by atoms with Gasteiger partial charge in [-0.3, -0.25) is 0 Å². The summed E-state index contributed by atoms with van der Waals surface area (Å²) in [4.78, 5) is 0. The zero-order chi connectivity index (χ0) is 12.4. The molecule has 0 bridgehead atoms. The van der Waals surface area contributed by atoms with Crippen molar-refractivity contribution >= 4 is 17.3 Å². The minimum atomic E-state index is -0.508. The maximum absolute atomic E-state index is 13.2. The van der Waals surface area contributed by atoms with Crippen molar-refractivity contribution in [3.05, 3.63) is 52.8 Å². The highest BCUT2D eigenvalue weighted by molar-refractivity contribution is 6.32. The number of nitrogens with two attached hydrogens (primary N) is 1. The molecule has 2 aromatic carbocycles. The molecule has 0 aliphatic rings. The van der Waals surface area contributed by atoms with Crippen LogP contribution in [0.2, 0.25) is 5.02 Å². The SMILES string of the molecule is Cc1ccc(Cl)c(Oc2cccc(F)c2N)c1. The van der Waals surface area contributed by atoms with Crippen molar-refractivity contribution in [2.24, 2.45) is 0 Å². The van der Waals surface area contributed by atoms with E-state index in [9.17, 15) is 4.39 Å². The van der Waals surface area contributed by atoms with Gasteiger partial charge in [-0.2, -0.15) is 0 Å². The molecule has 0 aliphatic heterocycles. The van der Waals surface area contributed by atoms with Crippen molar-refractivity contribution in [3.63, 3.8) is 0 Å². The van der Waals surface area contributed by atoms with E-state index in [2.05, 4.69) is 0 Å². The first kappa shape index (κ1) is 11.7. The van der Waals surface area contributed by atoms with Gasteiger partial charge in [0.05, 0.1) is 5.02 Å². The number of rotatable bonds is 2. The second-order valence-electron chi connectivity index (χ2n) is 3.69. The highest BCUT2D eigenvalue weighted by atomic mass is 35.5. The van der Waals surface area contributed by atoms with Gasteiger partial charge in [0.2, 0.25) is 0 Å². The third kappa shape index (κ3) is 2.50. The summed E-state index contributed by atoms with van der Waals surface area (Å²) in [5, 5.41) is 0.458. The molecule has 0 atom stereocenters. The Morgan fingerprint density at radius 3 is 2.71 bits per heavy atom. The second-order valence-corrected chi connectivity index (χ2v) is 4.09. The van der Waals surface area contributed by atoms with Gasteiger partial charge in [-0.1, -0.05) is 23.7 Å². The van der Waals surface area contributed by atoms with Crippen molar-refractivity contribution in [2.75, 3.05) is 5.73 Å². The molecule has 0 aliphatic carbocycles. The second kappa shape index (κ2) is 4.63. The zero-order valence-corrected chi connectivity index (χ0v) is 9.96. The predicted octanol–water partition coefficient (Wildman–Crippen LogP) is 4.16. The van der Waals surface area contributed by atoms with Crippen molar-refractivity contribution in [2.45, 2.75) is 6.92 Å². The first-order chi connectivity index (χ1) is 8.08. The van der Waals surface area contributed by atoms with Crippen molar-refractivity contribution in [3.8, 4) is 11.5 Å².